The molecule has 1 saturated heterocycles. The lowest BCUT2D eigenvalue weighted by molar-refractivity contribution is -0.150. The maximum absolute atomic E-state index is 12.3. The first-order valence-electron chi connectivity index (χ1n) is 7.19. The molecule has 0 aromatic heterocycles. The maximum Gasteiger partial charge on any atom is 0.321 e. The van der Waals surface area contributed by atoms with Crippen molar-refractivity contribution in [2.45, 2.75) is 33.6 Å². The van der Waals surface area contributed by atoms with E-state index in [1.807, 2.05) is 32.0 Å². The predicted octanol–water partition coefficient (Wildman–Crippen LogP) is 3.02. The highest BCUT2D eigenvalue weighted by Crippen LogP contribution is 2.31. The van der Waals surface area contributed by atoms with Gasteiger partial charge in [0, 0.05) is 18.8 Å². The zero-order chi connectivity index (χ0) is 15.6. The third kappa shape index (κ3) is 3.17. The van der Waals surface area contributed by atoms with Crippen molar-refractivity contribution >= 4 is 17.7 Å². The first-order chi connectivity index (χ1) is 9.83. The van der Waals surface area contributed by atoms with Crippen molar-refractivity contribution in [3.8, 4) is 0 Å². The van der Waals surface area contributed by atoms with Crippen LogP contribution in [0.5, 0.6) is 0 Å². The molecule has 0 aliphatic carbocycles. The van der Waals surface area contributed by atoms with E-state index in [-0.39, 0.29) is 6.03 Å². The van der Waals surface area contributed by atoms with Crippen LogP contribution >= 0.6 is 0 Å². The number of para-hydroxylation sites is 1. The van der Waals surface area contributed by atoms with Gasteiger partial charge >= 0.3 is 12.0 Å². The van der Waals surface area contributed by atoms with Gasteiger partial charge in [-0.3, -0.25) is 4.79 Å². The summed E-state index contributed by atoms with van der Waals surface area (Å²) in [6.45, 7) is 6.61. The number of piperidine rings is 1. The molecule has 2 rings (SSSR count). The Labute approximate surface area is 125 Å². The normalized spacial score (nSPS) is 17.4. The molecule has 0 radical (unpaired) electrons. The third-order valence-electron chi connectivity index (χ3n) is 4.38. The molecular weight excluding hydrogens is 268 g/mol. The SMILES string of the molecule is Cc1cccc(C)c1NC(=O)N1CCC(C)(C(=O)O)CC1. The highest BCUT2D eigenvalue weighted by atomic mass is 16.4. The number of aryl methyl sites for hydroxylation is 2. The minimum Gasteiger partial charge on any atom is -0.481 e. The second-order valence-corrected chi connectivity index (χ2v) is 6.05. The molecule has 5 nitrogen and oxygen atoms in total. The quantitative estimate of drug-likeness (QED) is 0.879. The van der Waals surface area contributed by atoms with Crippen molar-refractivity contribution in [3.05, 3.63) is 29.3 Å². The number of amides is 2. The van der Waals surface area contributed by atoms with Gasteiger partial charge in [-0.15, -0.1) is 0 Å². The number of urea groups is 1. The van der Waals surface area contributed by atoms with Crippen LogP contribution in [0.1, 0.15) is 30.9 Å². The van der Waals surface area contributed by atoms with Crippen LogP contribution in [0.2, 0.25) is 0 Å². The Morgan fingerprint density at radius 2 is 1.71 bits per heavy atom. The number of rotatable bonds is 2. The van der Waals surface area contributed by atoms with E-state index in [9.17, 15) is 14.7 Å². The fourth-order valence-corrected chi connectivity index (χ4v) is 2.61. The standard InChI is InChI=1S/C16H22N2O3/c1-11-5-4-6-12(2)13(11)17-15(21)18-9-7-16(3,8-10-18)14(19)20/h4-6H,7-10H2,1-3H3,(H,17,21)(H,19,20). The summed E-state index contributed by atoms with van der Waals surface area (Å²) in [6, 6.07) is 5.72. The number of anilines is 1. The fourth-order valence-electron chi connectivity index (χ4n) is 2.61. The topological polar surface area (TPSA) is 69.6 Å². The Morgan fingerprint density at radius 3 is 2.19 bits per heavy atom. The van der Waals surface area contributed by atoms with Gasteiger partial charge in [0.05, 0.1) is 5.41 Å². The molecule has 5 heteroatoms. The zero-order valence-electron chi connectivity index (χ0n) is 12.8. The molecule has 2 amide bonds. The van der Waals surface area contributed by atoms with E-state index >= 15 is 0 Å². The van der Waals surface area contributed by atoms with Crippen molar-refractivity contribution in [2.24, 2.45) is 5.41 Å². The Balaban J connectivity index is 2.02. The Morgan fingerprint density at radius 1 is 1.19 bits per heavy atom. The first kappa shape index (κ1) is 15.4. The molecular formula is C16H22N2O3. The van der Waals surface area contributed by atoms with Gasteiger partial charge in [0.1, 0.15) is 0 Å². The number of carboxylic acids is 1. The van der Waals surface area contributed by atoms with E-state index in [2.05, 4.69) is 5.32 Å². The molecule has 0 unspecified atom stereocenters. The molecule has 1 fully saturated rings. The number of hydrogen-bond acceptors (Lipinski definition) is 2. The summed E-state index contributed by atoms with van der Waals surface area (Å²) in [6.07, 6.45) is 0.977. The molecule has 114 valence electrons. The summed E-state index contributed by atoms with van der Waals surface area (Å²) in [5.74, 6) is -0.780. The summed E-state index contributed by atoms with van der Waals surface area (Å²) >= 11 is 0. The molecule has 0 spiro atoms. The van der Waals surface area contributed by atoms with E-state index in [0.29, 0.717) is 25.9 Å². The predicted molar refractivity (Wildman–Crippen MR) is 81.5 cm³/mol. The molecule has 1 aliphatic heterocycles. The molecule has 1 aromatic carbocycles. The van der Waals surface area contributed by atoms with Crippen LogP contribution in [0.3, 0.4) is 0 Å². The van der Waals surface area contributed by atoms with Crippen molar-refractivity contribution in [1.29, 1.82) is 0 Å². The summed E-state index contributed by atoms with van der Waals surface area (Å²) in [7, 11) is 0. The van der Waals surface area contributed by atoms with Crippen molar-refractivity contribution in [2.75, 3.05) is 18.4 Å². The average Bonchev–Trinajstić information content (AvgIpc) is 2.43. The number of nitrogens with one attached hydrogen (secondary N) is 1. The highest BCUT2D eigenvalue weighted by molar-refractivity contribution is 5.91. The summed E-state index contributed by atoms with van der Waals surface area (Å²) in [5, 5.41) is 12.2. The summed E-state index contributed by atoms with van der Waals surface area (Å²) in [5.41, 5.74) is 2.18. The smallest absolute Gasteiger partial charge is 0.321 e. The van der Waals surface area contributed by atoms with Crippen LogP contribution in [-0.4, -0.2) is 35.1 Å². The second kappa shape index (κ2) is 5.76. The number of aliphatic carboxylic acids is 1. The number of carboxylic acid groups (broad SMARTS) is 1. The van der Waals surface area contributed by atoms with Crippen LogP contribution in [0.25, 0.3) is 0 Å². The minimum absolute atomic E-state index is 0.153. The Kier molecular flexibility index (Phi) is 4.21. The average molecular weight is 290 g/mol. The van der Waals surface area contributed by atoms with Crippen molar-refractivity contribution < 1.29 is 14.7 Å². The van der Waals surface area contributed by atoms with Crippen LogP contribution in [0.15, 0.2) is 18.2 Å². The number of carbonyl (C=O) groups is 2. The highest BCUT2D eigenvalue weighted by Gasteiger charge is 2.38. The monoisotopic (exact) mass is 290 g/mol. The van der Waals surface area contributed by atoms with E-state index < -0.39 is 11.4 Å². The van der Waals surface area contributed by atoms with Crippen molar-refractivity contribution in [3.63, 3.8) is 0 Å². The number of carbonyl (C=O) groups excluding carboxylic acids is 1. The summed E-state index contributed by atoms with van der Waals surface area (Å²) in [4.78, 5) is 25.2. The Hall–Kier alpha value is -2.04. The maximum atomic E-state index is 12.3. The van der Waals surface area contributed by atoms with Crippen LogP contribution in [0.4, 0.5) is 10.5 Å². The minimum atomic E-state index is -0.780. The van der Waals surface area contributed by atoms with Gasteiger partial charge in [-0.1, -0.05) is 18.2 Å². The van der Waals surface area contributed by atoms with Gasteiger partial charge in [0.25, 0.3) is 0 Å². The van der Waals surface area contributed by atoms with E-state index in [0.717, 1.165) is 16.8 Å². The van der Waals surface area contributed by atoms with Crippen LogP contribution < -0.4 is 5.32 Å². The van der Waals surface area contributed by atoms with Gasteiger partial charge in [-0.2, -0.15) is 0 Å². The van der Waals surface area contributed by atoms with Crippen LogP contribution in [0, 0.1) is 19.3 Å². The molecule has 1 aromatic rings. The largest absolute Gasteiger partial charge is 0.481 e. The molecule has 21 heavy (non-hydrogen) atoms. The molecule has 1 heterocycles. The van der Waals surface area contributed by atoms with Gasteiger partial charge in [0.2, 0.25) is 0 Å². The lowest BCUT2D eigenvalue weighted by Gasteiger charge is -2.36. The molecule has 0 saturated carbocycles. The molecule has 1 aliphatic rings. The fraction of sp³-hybridized carbons (Fsp3) is 0.500. The van der Waals surface area contributed by atoms with Gasteiger partial charge in [-0.25, -0.2) is 4.79 Å². The third-order valence-corrected chi connectivity index (χ3v) is 4.38. The van der Waals surface area contributed by atoms with E-state index in [1.165, 1.54) is 0 Å². The second-order valence-electron chi connectivity index (χ2n) is 6.05. The molecule has 0 bridgehead atoms. The number of likely N-dealkylation sites (tertiary alicyclic amines) is 1. The number of hydrogen-bond donors (Lipinski definition) is 2. The van der Waals surface area contributed by atoms with Gasteiger partial charge < -0.3 is 15.3 Å². The van der Waals surface area contributed by atoms with Crippen molar-refractivity contribution in [1.82, 2.24) is 4.90 Å². The lowest BCUT2D eigenvalue weighted by atomic mass is 9.80. The number of benzene rings is 1. The molecule has 2 N–H and O–H groups in total. The summed E-state index contributed by atoms with van der Waals surface area (Å²) < 4.78 is 0. The van der Waals surface area contributed by atoms with E-state index in [1.54, 1.807) is 11.8 Å². The molecule has 0 atom stereocenters. The van der Waals surface area contributed by atoms with Crippen LogP contribution in [-0.2, 0) is 4.79 Å². The van der Waals surface area contributed by atoms with Gasteiger partial charge in [0.15, 0.2) is 0 Å². The van der Waals surface area contributed by atoms with Gasteiger partial charge in [-0.05, 0) is 44.7 Å². The van der Waals surface area contributed by atoms with E-state index in [4.69, 9.17) is 0 Å². The first-order valence-corrected chi connectivity index (χ1v) is 7.19. The number of nitrogens with zero attached hydrogens (tertiary/aromatic N) is 1. The lowest BCUT2D eigenvalue weighted by Crippen LogP contribution is -2.46. The zero-order valence-corrected chi connectivity index (χ0v) is 12.8. The Bertz CT molecular complexity index is 540.